The van der Waals surface area contributed by atoms with E-state index in [0.717, 1.165) is 30.6 Å². The van der Waals surface area contributed by atoms with Crippen LogP contribution in [0.15, 0.2) is 23.2 Å². The quantitative estimate of drug-likeness (QED) is 0.697. The van der Waals surface area contributed by atoms with Gasteiger partial charge in [0.25, 0.3) is 0 Å². The Morgan fingerprint density at radius 2 is 2.04 bits per heavy atom. The molecule has 6 heteroatoms. The van der Waals surface area contributed by atoms with Crippen molar-refractivity contribution in [2.24, 2.45) is 16.8 Å². The van der Waals surface area contributed by atoms with E-state index in [-0.39, 0.29) is 0 Å². The molecule has 1 N–H and O–H groups in total. The topological polar surface area (TPSA) is 41.8 Å². The van der Waals surface area contributed by atoms with Crippen LogP contribution in [0.2, 0.25) is 0 Å². The first kappa shape index (κ1) is 19.4. The van der Waals surface area contributed by atoms with Gasteiger partial charge in [-0.15, -0.1) is 0 Å². The number of rotatable bonds is 4. The molecule has 0 saturated heterocycles. The standard InChI is InChI=1S/C17H23NO2.2ClH.Zr/c1-3-20-16-9-13-7-14(16)8-15(13)18-10-12-6-4-5-11(2)17(12)19;;;/h4-6,10,13-16,19H,3,7-9H2,1-2H3;2*1H;/q;;;+2/p-2. The van der Waals surface area contributed by atoms with Crippen LogP contribution in [-0.4, -0.2) is 30.1 Å². The summed E-state index contributed by atoms with van der Waals surface area (Å²) in [5, 5.41) is 10.0. The molecular weight excluding hydrogens is 412 g/mol. The van der Waals surface area contributed by atoms with Gasteiger partial charge < -0.3 is 9.84 Å². The Morgan fingerprint density at radius 1 is 1.30 bits per heavy atom. The molecule has 4 atom stereocenters. The number of hydrogen-bond acceptors (Lipinski definition) is 3. The van der Waals surface area contributed by atoms with Crippen molar-refractivity contribution in [3.8, 4) is 5.75 Å². The number of ether oxygens (including phenoxy) is 1. The summed E-state index contributed by atoms with van der Waals surface area (Å²) in [5.41, 5.74) is 1.73. The van der Waals surface area contributed by atoms with Crippen LogP contribution in [0.5, 0.6) is 5.75 Å². The van der Waals surface area contributed by atoms with Gasteiger partial charge in [0.1, 0.15) is 5.75 Å². The molecule has 0 aromatic heterocycles. The van der Waals surface area contributed by atoms with Gasteiger partial charge in [-0.05, 0) is 56.6 Å². The van der Waals surface area contributed by atoms with Crippen LogP contribution in [-0.2, 0) is 25.6 Å². The SMILES string of the molecule is CCOC1CC2CC1CC2N=Cc1cccc(C)c1O.[Cl][Zr][Cl]. The van der Waals surface area contributed by atoms with E-state index in [2.05, 4.69) is 6.92 Å². The van der Waals surface area contributed by atoms with E-state index in [9.17, 15) is 5.11 Å². The fraction of sp³-hybridized carbons (Fsp3) is 0.588. The average molecular weight is 436 g/mol. The molecule has 1 aromatic carbocycles. The van der Waals surface area contributed by atoms with E-state index >= 15 is 0 Å². The molecule has 0 heterocycles. The fourth-order valence-electron chi connectivity index (χ4n) is 3.76. The number of para-hydroxylation sites is 1. The van der Waals surface area contributed by atoms with Crippen LogP contribution < -0.4 is 0 Å². The third-order valence-corrected chi connectivity index (χ3v) is 4.81. The first-order chi connectivity index (χ1) is 11.1. The molecule has 2 fully saturated rings. The molecule has 0 aliphatic heterocycles. The Kier molecular flexibility index (Phi) is 8.08. The zero-order valence-corrected chi connectivity index (χ0v) is 17.5. The zero-order chi connectivity index (χ0) is 16.8. The van der Waals surface area contributed by atoms with Gasteiger partial charge >= 0.3 is 37.9 Å². The van der Waals surface area contributed by atoms with Crippen LogP contribution in [0.1, 0.15) is 37.3 Å². The Labute approximate surface area is 157 Å². The monoisotopic (exact) mass is 433 g/mol. The Balaban J connectivity index is 0.000000595. The molecule has 3 rings (SSSR count). The summed E-state index contributed by atoms with van der Waals surface area (Å²) in [6.45, 7) is 4.80. The maximum absolute atomic E-state index is 10.0. The van der Waals surface area contributed by atoms with Crippen LogP contribution in [0.3, 0.4) is 0 Å². The molecule has 4 unspecified atom stereocenters. The van der Waals surface area contributed by atoms with E-state index in [1.54, 1.807) is 0 Å². The normalized spacial score (nSPS) is 28.7. The average Bonchev–Trinajstić information content (AvgIpc) is 3.10. The number of aryl methyl sites for hydroxylation is 1. The van der Waals surface area contributed by atoms with Crippen LogP contribution in [0, 0.1) is 18.8 Å². The van der Waals surface area contributed by atoms with Gasteiger partial charge in [0, 0.05) is 18.4 Å². The molecule has 2 saturated carbocycles. The summed E-state index contributed by atoms with van der Waals surface area (Å²) < 4.78 is 5.79. The van der Waals surface area contributed by atoms with Gasteiger partial charge in [-0.1, -0.05) is 12.1 Å². The number of benzene rings is 1. The van der Waals surface area contributed by atoms with Crippen molar-refractivity contribution in [2.45, 2.75) is 45.3 Å². The summed E-state index contributed by atoms with van der Waals surface area (Å²) in [6, 6.07) is 6.21. The molecule has 1 aromatic rings. The number of aromatic hydroxyl groups is 1. The van der Waals surface area contributed by atoms with Crippen molar-refractivity contribution in [1.29, 1.82) is 0 Å². The Morgan fingerprint density at radius 3 is 2.65 bits per heavy atom. The number of halogens is 2. The third-order valence-electron chi connectivity index (χ3n) is 4.81. The van der Waals surface area contributed by atoms with E-state index in [0.29, 0.717) is 29.7 Å². The number of phenols is 1. The van der Waals surface area contributed by atoms with Crippen LogP contribution in [0.25, 0.3) is 0 Å². The molecule has 3 nitrogen and oxygen atoms in total. The molecule has 23 heavy (non-hydrogen) atoms. The molecule has 2 aliphatic carbocycles. The third kappa shape index (κ3) is 5.04. The number of aliphatic imine (C=N–C) groups is 1. The molecule has 0 spiro atoms. The second-order valence-corrected chi connectivity index (χ2v) is 9.88. The Bertz CT molecular complexity index is 541. The molecule has 0 radical (unpaired) electrons. The summed E-state index contributed by atoms with van der Waals surface area (Å²) in [5.74, 6) is 1.71. The van der Waals surface area contributed by atoms with Crippen molar-refractivity contribution in [3.05, 3.63) is 29.3 Å². The zero-order valence-electron chi connectivity index (χ0n) is 13.5. The number of nitrogens with zero attached hydrogens (tertiary/aromatic N) is 1. The molecule has 2 bridgehead atoms. The Hall–Kier alpha value is 0.113. The van der Waals surface area contributed by atoms with E-state index < -0.39 is 20.8 Å². The van der Waals surface area contributed by atoms with Gasteiger partial charge in [0.2, 0.25) is 0 Å². The van der Waals surface area contributed by atoms with Crippen molar-refractivity contribution in [2.75, 3.05) is 6.61 Å². The fourth-order valence-corrected chi connectivity index (χ4v) is 3.76. The first-order valence-electron chi connectivity index (χ1n) is 8.00. The van der Waals surface area contributed by atoms with E-state index in [1.165, 1.54) is 6.42 Å². The van der Waals surface area contributed by atoms with Crippen molar-refractivity contribution >= 4 is 23.2 Å². The summed E-state index contributed by atoms with van der Waals surface area (Å²) in [7, 11) is 9.87. The molecule has 0 amide bonds. The van der Waals surface area contributed by atoms with E-state index in [4.69, 9.17) is 26.8 Å². The first-order valence-corrected chi connectivity index (χ1v) is 14.3. The van der Waals surface area contributed by atoms with Gasteiger partial charge in [-0.2, -0.15) is 0 Å². The summed E-state index contributed by atoms with van der Waals surface area (Å²) in [6.07, 6.45) is 5.86. The summed E-state index contributed by atoms with van der Waals surface area (Å²) in [4.78, 5) is 4.73. The molecule has 126 valence electrons. The second kappa shape index (κ2) is 9.56. The summed E-state index contributed by atoms with van der Waals surface area (Å²) >= 11 is -0.826. The molecule has 2 aliphatic rings. The van der Waals surface area contributed by atoms with Gasteiger partial charge in [0.15, 0.2) is 0 Å². The van der Waals surface area contributed by atoms with Gasteiger partial charge in [-0.25, -0.2) is 0 Å². The van der Waals surface area contributed by atoms with E-state index in [1.807, 2.05) is 31.3 Å². The number of fused-ring (bicyclic) bond motifs is 2. The van der Waals surface area contributed by atoms with Gasteiger partial charge in [0.05, 0.1) is 12.1 Å². The van der Waals surface area contributed by atoms with Crippen molar-refractivity contribution < 1.29 is 30.7 Å². The van der Waals surface area contributed by atoms with Crippen molar-refractivity contribution in [1.82, 2.24) is 0 Å². The molecular formula is C17H23Cl2NO2Zr. The predicted molar refractivity (Wildman–Crippen MR) is 92.2 cm³/mol. The minimum atomic E-state index is -0.826. The maximum atomic E-state index is 10.0. The van der Waals surface area contributed by atoms with Gasteiger partial charge in [-0.3, -0.25) is 4.99 Å². The van der Waals surface area contributed by atoms with Crippen LogP contribution >= 0.6 is 17.0 Å². The number of phenolic OH excluding ortho intramolecular Hbond substituents is 1. The second-order valence-electron chi connectivity index (χ2n) is 6.15. The van der Waals surface area contributed by atoms with Crippen LogP contribution in [0.4, 0.5) is 0 Å². The van der Waals surface area contributed by atoms with Crippen molar-refractivity contribution in [3.63, 3.8) is 0 Å². The predicted octanol–water partition coefficient (Wildman–Crippen LogP) is 4.70. The number of hydrogen-bond donors (Lipinski definition) is 1. The minimum absolute atomic E-state index is 0.353.